The van der Waals surface area contributed by atoms with Gasteiger partial charge in [0.2, 0.25) is 0 Å². The Hall–Kier alpha value is -2.54. The Bertz CT molecular complexity index is 893. The van der Waals surface area contributed by atoms with Crippen LogP contribution in [0, 0.1) is 0 Å². The van der Waals surface area contributed by atoms with Crippen molar-refractivity contribution in [1.29, 1.82) is 0 Å². The van der Waals surface area contributed by atoms with Gasteiger partial charge in [-0.15, -0.1) is 0 Å². The third-order valence-electron chi connectivity index (χ3n) is 4.02. The fourth-order valence-corrected chi connectivity index (χ4v) is 4.46. The molecule has 0 bridgehead atoms. The number of nitrogens with zero attached hydrogens (tertiary/aromatic N) is 1. The van der Waals surface area contributed by atoms with Crippen molar-refractivity contribution in [2.75, 3.05) is 23.7 Å². The van der Waals surface area contributed by atoms with Crippen LogP contribution < -0.4 is 10.0 Å². The molecule has 0 amide bonds. The molecule has 126 valence electrons. The van der Waals surface area contributed by atoms with Gasteiger partial charge in [0.25, 0.3) is 10.0 Å². The Kier molecular flexibility index (Phi) is 4.19. The molecule has 0 unspecified atom stereocenters. The fourth-order valence-electron chi connectivity index (χ4n) is 2.86. The number of fused-ring (bicyclic) bond motifs is 1. The second-order valence-electron chi connectivity index (χ2n) is 5.59. The molecule has 0 saturated heterocycles. The molecular formula is C17H18N2O4S. The number of hydrogen-bond donors (Lipinski definition) is 1. The van der Waals surface area contributed by atoms with Gasteiger partial charge in [-0.3, -0.25) is 4.31 Å². The largest absolute Gasteiger partial charge is 0.465 e. The van der Waals surface area contributed by atoms with Gasteiger partial charge in [0.05, 0.1) is 23.3 Å². The number of ether oxygens (including phenoxy) is 1. The molecule has 24 heavy (non-hydrogen) atoms. The number of rotatable bonds is 3. The van der Waals surface area contributed by atoms with Gasteiger partial charge in [-0.2, -0.15) is 0 Å². The van der Waals surface area contributed by atoms with E-state index in [-0.39, 0.29) is 4.90 Å². The first-order chi connectivity index (χ1) is 11.4. The molecule has 0 atom stereocenters. The van der Waals surface area contributed by atoms with Crippen LogP contribution in [0.15, 0.2) is 47.4 Å². The van der Waals surface area contributed by atoms with E-state index in [1.165, 1.54) is 23.5 Å². The van der Waals surface area contributed by atoms with E-state index >= 15 is 0 Å². The van der Waals surface area contributed by atoms with Crippen LogP contribution in [-0.2, 0) is 21.2 Å². The number of hydrogen-bond acceptors (Lipinski definition) is 5. The summed E-state index contributed by atoms with van der Waals surface area (Å²) in [5.74, 6) is -0.436. The zero-order chi connectivity index (χ0) is 17.3. The van der Waals surface area contributed by atoms with Crippen molar-refractivity contribution < 1.29 is 17.9 Å². The highest BCUT2D eigenvalue weighted by atomic mass is 32.2. The number of benzene rings is 2. The minimum absolute atomic E-state index is 0.160. The maximum Gasteiger partial charge on any atom is 0.337 e. The molecule has 1 heterocycles. The van der Waals surface area contributed by atoms with E-state index in [2.05, 4.69) is 0 Å². The number of carbonyl (C=O) groups excluding carboxylic acids is 1. The average molecular weight is 346 g/mol. The summed E-state index contributed by atoms with van der Waals surface area (Å²) in [5.41, 5.74) is 7.94. The number of nitrogen functional groups attached to an aromatic ring is 1. The van der Waals surface area contributed by atoms with Gasteiger partial charge in [0.1, 0.15) is 0 Å². The fraction of sp³-hybridized carbons (Fsp3) is 0.235. The van der Waals surface area contributed by atoms with Crippen molar-refractivity contribution in [3.8, 4) is 0 Å². The zero-order valence-electron chi connectivity index (χ0n) is 13.2. The number of anilines is 2. The van der Waals surface area contributed by atoms with E-state index in [1.54, 1.807) is 30.3 Å². The first kappa shape index (κ1) is 16.3. The van der Waals surface area contributed by atoms with Gasteiger partial charge < -0.3 is 10.5 Å². The van der Waals surface area contributed by atoms with E-state index in [9.17, 15) is 13.2 Å². The highest BCUT2D eigenvalue weighted by Crippen LogP contribution is 2.33. The SMILES string of the molecule is COC(=O)c1ccc2c(c1)CCCN2S(=O)(=O)c1cccc(N)c1. The lowest BCUT2D eigenvalue weighted by Crippen LogP contribution is -2.35. The van der Waals surface area contributed by atoms with Gasteiger partial charge >= 0.3 is 5.97 Å². The number of esters is 1. The highest BCUT2D eigenvalue weighted by molar-refractivity contribution is 7.92. The molecule has 2 N–H and O–H groups in total. The molecule has 0 saturated carbocycles. The minimum Gasteiger partial charge on any atom is -0.465 e. The van der Waals surface area contributed by atoms with E-state index in [1.807, 2.05) is 0 Å². The lowest BCUT2D eigenvalue weighted by atomic mass is 10.0. The molecule has 0 radical (unpaired) electrons. The second kappa shape index (κ2) is 6.16. The molecule has 1 aliphatic rings. The van der Waals surface area contributed by atoms with Crippen molar-refractivity contribution >= 4 is 27.4 Å². The second-order valence-corrected chi connectivity index (χ2v) is 7.45. The van der Waals surface area contributed by atoms with Gasteiger partial charge in [0, 0.05) is 12.2 Å². The molecule has 7 heteroatoms. The summed E-state index contributed by atoms with van der Waals surface area (Å²) >= 11 is 0. The number of aryl methyl sites for hydroxylation is 1. The number of nitrogens with two attached hydrogens (primary N) is 1. The minimum atomic E-state index is -3.70. The van der Waals surface area contributed by atoms with Crippen molar-refractivity contribution in [2.45, 2.75) is 17.7 Å². The molecule has 2 aromatic carbocycles. The Morgan fingerprint density at radius 3 is 2.71 bits per heavy atom. The average Bonchev–Trinajstić information content (AvgIpc) is 2.60. The maximum atomic E-state index is 13.0. The van der Waals surface area contributed by atoms with Crippen molar-refractivity contribution in [1.82, 2.24) is 0 Å². The van der Waals surface area contributed by atoms with Crippen LogP contribution in [0.25, 0.3) is 0 Å². The smallest absolute Gasteiger partial charge is 0.337 e. The predicted molar refractivity (Wildman–Crippen MR) is 91.5 cm³/mol. The van der Waals surface area contributed by atoms with E-state index in [4.69, 9.17) is 10.5 Å². The normalized spacial score (nSPS) is 14.1. The number of sulfonamides is 1. The third-order valence-corrected chi connectivity index (χ3v) is 5.83. The Labute approximate surface area is 140 Å². The number of methoxy groups -OCH3 is 1. The van der Waals surface area contributed by atoms with Crippen LogP contribution >= 0.6 is 0 Å². The molecule has 1 aliphatic heterocycles. The topological polar surface area (TPSA) is 89.7 Å². The first-order valence-corrected chi connectivity index (χ1v) is 8.97. The molecule has 0 spiro atoms. The van der Waals surface area contributed by atoms with Crippen LogP contribution in [0.3, 0.4) is 0 Å². The molecule has 0 fully saturated rings. The highest BCUT2D eigenvalue weighted by Gasteiger charge is 2.29. The van der Waals surface area contributed by atoms with Crippen molar-refractivity contribution in [3.05, 3.63) is 53.6 Å². The van der Waals surface area contributed by atoms with Gasteiger partial charge in [-0.25, -0.2) is 13.2 Å². The summed E-state index contributed by atoms with van der Waals surface area (Å²) in [4.78, 5) is 11.8. The third kappa shape index (κ3) is 2.82. The van der Waals surface area contributed by atoms with E-state index in [0.29, 0.717) is 36.3 Å². The van der Waals surface area contributed by atoms with Crippen LogP contribution in [0.5, 0.6) is 0 Å². The van der Waals surface area contributed by atoms with Crippen molar-refractivity contribution in [2.24, 2.45) is 0 Å². The first-order valence-electron chi connectivity index (χ1n) is 7.53. The Balaban J connectivity index is 2.05. The standard InChI is InChI=1S/C17H18N2O4S/c1-23-17(20)13-7-8-16-12(10-13)4-3-9-19(16)24(21,22)15-6-2-5-14(18)11-15/h2,5-8,10-11H,3-4,9,18H2,1H3. The predicted octanol–water partition coefficient (Wildman–Crippen LogP) is 2.20. The van der Waals surface area contributed by atoms with Crippen molar-refractivity contribution in [3.63, 3.8) is 0 Å². The summed E-state index contributed by atoms with van der Waals surface area (Å²) in [7, 11) is -2.38. The van der Waals surface area contributed by atoms with Gasteiger partial charge in [-0.1, -0.05) is 6.07 Å². The lowest BCUT2D eigenvalue weighted by Gasteiger charge is -2.30. The Morgan fingerprint density at radius 1 is 1.21 bits per heavy atom. The van der Waals surface area contributed by atoms with Gasteiger partial charge in [0.15, 0.2) is 0 Å². The van der Waals surface area contributed by atoms with Crippen LogP contribution in [0.1, 0.15) is 22.3 Å². The van der Waals surface area contributed by atoms with Crippen LogP contribution in [-0.4, -0.2) is 28.0 Å². The summed E-state index contributed by atoms with van der Waals surface area (Å²) < 4.78 is 32.0. The van der Waals surface area contributed by atoms with Gasteiger partial charge in [-0.05, 0) is 54.8 Å². The quantitative estimate of drug-likeness (QED) is 0.680. The maximum absolute atomic E-state index is 13.0. The molecule has 0 aliphatic carbocycles. The van der Waals surface area contributed by atoms with Crippen LogP contribution in [0.2, 0.25) is 0 Å². The molecule has 6 nitrogen and oxygen atoms in total. The summed E-state index contributed by atoms with van der Waals surface area (Å²) in [5, 5.41) is 0. The summed E-state index contributed by atoms with van der Waals surface area (Å²) in [6, 6.07) is 11.2. The molecular weight excluding hydrogens is 328 g/mol. The molecule has 2 aromatic rings. The van der Waals surface area contributed by atoms with Crippen LogP contribution in [0.4, 0.5) is 11.4 Å². The molecule has 0 aromatic heterocycles. The van der Waals surface area contributed by atoms with E-state index in [0.717, 1.165) is 5.56 Å². The summed E-state index contributed by atoms with van der Waals surface area (Å²) in [6.45, 7) is 0.391. The number of carbonyl (C=O) groups is 1. The monoisotopic (exact) mass is 346 g/mol. The lowest BCUT2D eigenvalue weighted by molar-refractivity contribution is 0.0600. The van der Waals surface area contributed by atoms with E-state index < -0.39 is 16.0 Å². The zero-order valence-corrected chi connectivity index (χ0v) is 14.0. The summed E-state index contributed by atoms with van der Waals surface area (Å²) in [6.07, 6.45) is 1.39. The Morgan fingerprint density at radius 2 is 2.00 bits per heavy atom. The molecule has 3 rings (SSSR count).